The van der Waals surface area contributed by atoms with Crippen LogP contribution < -0.4 is 0 Å². The highest BCUT2D eigenvalue weighted by molar-refractivity contribution is 6.27. The molecule has 0 aliphatic carbocycles. The second kappa shape index (κ2) is 13.9. The predicted octanol–water partition coefficient (Wildman–Crippen LogP) is 14.1. The molecule has 0 saturated carbocycles. The highest BCUT2D eigenvalue weighted by Crippen LogP contribution is 2.45. The molecule has 4 aromatic heterocycles. The smallest absolute Gasteiger partial charge is 0.231 e. The lowest BCUT2D eigenvalue weighted by Crippen LogP contribution is -1.99. The van der Waals surface area contributed by atoms with Crippen LogP contribution in [0.1, 0.15) is 107 Å². The average molecular weight is 761 g/mol. The van der Waals surface area contributed by atoms with Crippen molar-refractivity contribution in [2.24, 2.45) is 0 Å². The Morgan fingerprint density at radius 2 is 1.03 bits per heavy atom. The quantitative estimate of drug-likeness (QED) is 0.144. The normalized spacial score (nSPS) is 12.0. The van der Waals surface area contributed by atoms with Gasteiger partial charge in [0.1, 0.15) is 22.8 Å². The van der Waals surface area contributed by atoms with Crippen molar-refractivity contribution in [2.75, 3.05) is 0 Å². The summed E-state index contributed by atoms with van der Waals surface area (Å²) in [5.41, 5.74) is 14.1. The van der Waals surface area contributed by atoms with Gasteiger partial charge in [0.2, 0.25) is 5.69 Å². The Morgan fingerprint density at radius 1 is 0.603 bits per heavy atom. The lowest BCUT2D eigenvalue weighted by molar-refractivity contribution is 0.662. The number of fused-ring (bicyclic) bond motifs is 7. The van der Waals surface area contributed by atoms with E-state index in [1.54, 1.807) is 0 Å². The van der Waals surface area contributed by atoms with Crippen molar-refractivity contribution in [1.82, 2.24) is 19.6 Å². The Bertz CT molecular complexity index is 2900. The molecule has 0 fully saturated rings. The molecule has 9 aromatic rings. The van der Waals surface area contributed by atoms with E-state index in [0.717, 1.165) is 44.0 Å². The summed E-state index contributed by atoms with van der Waals surface area (Å²) < 4.78 is 16.6. The van der Waals surface area contributed by atoms with E-state index in [9.17, 15) is 5.26 Å². The summed E-state index contributed by atoms with van der Waals surface area (Å²) in [6.07, 6.45) is 7.94. The van der Waals surface area contributed by atoms with Crippen molar-refractivity contribution in [1.29, 1.82) is 5.26 Å². The molecule has 0 amide bonds. The van der Waals surface area contributed by atoms with Crippen molar-refractivity contribution < 1.29 is 8.83 Å². The van der Waals surface area contributed by atoms with Gasteiger partial charge in [0.05, 0.1) is 35.9 Å². The predicted molar refractivity (Wildman–Crippen MR) is 233 cm³/mol. The van der Waals surface area contributed by atoms with E-state index in [2.05, 4.69) is 115 Å². The summed E-state index contributed by atoms with van der Waals surface area (Å²) in [7, 11) is 0. The molecular formula is C50H44N6O2. The van der Waals surface area contributed by atoms with Crippen LogP contribution in [0.3, 0.4) is 0 Å². The van der Waals surface area contributed by atoms with Crippen molar-refractivity contribution in [2.45, 2.75) is 79.1 Å². The molecule has 4 heterocycles. The van der Waals surface area contributed by atoms with E-state index in [4.69, 9.17) is 25.6 Å². The van der Waals surface area contributed by atoms with Gasteiger partial charge in [-0.2, -0.15) is 15.5 Å². The fourth-order valence-corrected chi connectivity index (χ4v) is 8.68. The molecule has 0 aliphatic heterocycles. The van der Waals surface area contributed by atoms with Crippen molar-refractivity contribution in [3.05, 3.63) is 137 Å². The second-order valence-electron chi connectivity index (χ2n) is 16.5. The summed E-state index contributed by atoms with van der Waals surface area (Å²) in [6.45, 7) is 26.0. The minimum atomic E-state index is 0.335. The first-order valence-corrected chi connectivity index (χ1v) is 20.0. The van der Waals surface area contributed by atoms with Gasteiger partial charge in [-0.25, -0.2) is 14.2 Å². The fourth-order valence-electron chi connectivity index (χ4n) is 8.68. The Labute approximate surface area is 337 Å². The largest absolute Gasteiger partial charge is 0.467 e. The van der Waals surface area contributed by atoms with Gasteiger partial charge in [-0.15, -0.1) is 0 Å². The van der Waals surface area contributed by atoms with Crippen molar-refractivity contribution >= 4 is 49.6 Å². The molecule has 0 unspecified atom stereocenters. The van der Waals surface area contributed by atoms with Crippen LogP contribution in [0.15, 0.2) is 106 Å². The monoisotopic (exact) mass is 760 g/mol. The minimum Gasteiger partial charge on any atom is -0.467 e. The zero-order valence-corrected chi connectivity index (χ0v) is 34.0. The molecular weight excluding hydrogens is 717 g/mol. The lowest BCUT2D eigenvalue weighted by Gasteiger charge is -2.18. The summed E-state index contributed by atoms with van der Waals surface area (Å²) in [4.78, 5) is 3.93. The summed E-state index contributed by atoms with van der Waals surface area (Å²) in [5.74, 6) is 1.34. The molecule has 0 atom stereocenters. The van der Waals surface area contributed by atoms with Crippen LogP contribution in [0.2, 0.25) is 0 Å². The number of rotatable bonds is 8. The fraction of sp³-hybridized carbons (Fsp3) is 0.240. The third kappa shape index (κ3) is 5.79. The summed E-state index contributed by atoms with van der Waals surface area (Å²) in [5, 5.41) is 23.3. The molecule has 8 heteroatoms. The van der Waals surface area contributed by atoms with Gasteiger partial charge in [-0.1, -0.05) is 91.8 Å². The van der Waals surface area contributed by atoms with Gasteiger partial charge >= 0.3 is 0 Å². The summed E-state index contributed by atoms with van der Waals surface area (Å²) in [6, 6.07) is 27.0. The second-order valence-corrected chi connectivity index (χ2v) is 16.5. The number of benzene rings is 5. The van der Waals surface area contributed by atoms with Crippen LogP contribution in [0.25, 0.3) is 82.4 Å². The Kier molecular flexibility index (Phi) is 8.82. The van der Waals surface area contributed by atoms with E-state index >= 15 is 0 Å². The van der Waals surface area contributed by atoms with Gasteiger partial charge in [-0.05, 0) is 93.5 Å². The van der Waals surface area contributed by atoms with Gasteiger partial charge in [0, 0.05) is 45.1 Å². The highest BCUT2D eigenvalue weighted by atomic mass is 16.3. The van der Waals surface area contributed by atoms with Gasteiger partial charge in [0.25, 0.3) is 0 Å². The topological polar surface area (TPSA) is 90.1 Å². The number of nitrogens with zero attached hydrogens (tertiary/aromatic N) is 6. The SMILES string of the molecule is [C-]#[N+]c1cc(-n2cc(-c3c(C(C)C)cccc3C(C)C)cn2)cc2c1oc1ccc3oc4c(C#N)cc(-n5cc(-c6c(C(C)C)cccc6C(C)C)cn5)cc4c3c12. The minimum absolute atomic E-state index is 0.335. The van der Waals surface area contributed by atoms with Gasteiger partial charge in [0.15, 0.2) is 5.58 Å². The molecule has 286 valence electrons. The number of hydrogen-bond acceptors (Lipinski definition) is 5. The van der Waals surface area contributed by atoms with E-state index in [0.29, 0.717) is 57.3 Å². The molecule has 5 aromatic carbocycles. The van der Waals surface area contributed by atoms with Crippen LogP contribution in [0.5, 0.6) is 0 Å². The Balaban J connectivity index is 1.24. The lowest BCUT2D eigenvalue weighted by atomic mass is 9.86. The third-order valence-corrected chi connectivity index (χ3v) is 11.5. The first-order valence-electron chi connectivity index (χ1n) is 20.0. The Hall–Kier alpha value is -6.90. The molecule has 9 rings (SSSR count). The molecule has 0 N–H and O–H groups in total. The standard InChI is InChI=1S/C50H44N6O2/c1-27(2)36-12-10-13-37(28(3)4)45(36)32-23-53-55(25-32)34-18-31(22-51)49-40(19-34)47-43(57-49)16-17-44-48(47)41-20-35(21-42(52-9)50(41)58-44)56-26-33(24-54-56)46-38(29(5)6)14-11-15-39(46)30(7)8/h10-21,23-30H,1-8H3. The van der Waals surface area contributed by atoms with E-state index in [-0.39, 0.29) is 0 Å². The molecule has 0 spiro atoms. The van der Waals surface area contributed by atoms with Gasteiger partial charge < -0.3 is 8.83 Å². The Morgan fingerprint density at radius 3 is 1.47 bits per heavy atom. The van der Waals surface area contributed by atoms with Crippen LogP contribution >= 0.6 is 0 Å². The molecule has 0 saturated heterocycles. The average Bonchev–Trinajstić information content (AvgIpc) is 4.04. The first-order chi connectivity index (χ1) is 28.0. The van der Waals surface area contributed by atoms with Crippen LogP contribution in [-0.4, -0.2) is 19.6 Å². The van der Waals surface area contributed by atoms with Crippen LogP contribution in [0.4, 0.5) is 5.69 Å². The number of hydrogen-bond donors (Lipinski definition) is 0. The highest BCUT2D eigenvalue weighted by Gasteiger charge is 2.24. The number of nitriles is 1. The first kappa shape index (κ1) is 36.7. The van der Waals surface area contributed by atoms with Crippen molar-refractivity contribution in [3.8, 4) is 39.7 Å². The van der Waals surface area contributed by atoms with Crippen LogP contribution in [0, 0.1) is 17.9 Å². The molecule has 0 bridgehead atoms. The zero-order valence-electron chi connectivity index (χ0n) is 34.0. The molecule has 0 aliphatic rings. The maximum atomic E-state index is 10.5. The number of furan rings is 2. The third-order valence-electron chi connectivity index (χ3n) is 11.5. The van der Waals surface area contributed by atoms with E-state index in [1.165, 1.54) is 33.4 Å². The van der Waals surface area contributed by atoms with Gasteiger partial charge in [-0.3, -0.25) is 0 Å². The number of aromatic nitrogens is 4. The molecule has 8 nitrogen and oxygen atoms in total. The molecule has 58 heavy (non-hydrogen) atoms. The van der Waals surface area contributed by atoms with Crippen LogP contribution in [-0.2, 0) is 0 Å². The van der Waals surface area contributed by atoms with Crippen molar-refractivity contribution in [3.63, 3.8) is 0 Å². The summed E-state index contributed by atoms with van der Waals surface area (Å²) >= 11 is 0. The van der Waals surface area contributed by atoms with E-state index in [1.807, 2.05) is 58.2 Å². The molecule has 0 radical (unpaired) electrons. The maximum absolute atomic E-state index is 10.5. The van der Waals surface area contributed by atoms with E-state index < -0.39 is 0 Å². The maximum Gasteiger partial charge on any atom is 0.231 e. The zero-order chi connectivity index (χ0) is 40.6.